The van der Waals surface area contributed by atoms with Gasteiger partial charge in [0.05, 0.1) is 5.52 Å². The van der Waals surface area contributed by atoms with Crippen LogP contribution < -0.4 is 15.5 Å². The molecule has 3 aromatic rings. The minimum atomic E-state index is -0.370. The number of carbonyl (C=O) groups excluding carboxylic acids is 2. The van der Waals surface area contributed by atoms with Gasteiger partial charge in [-0.05, 0) is 64.1 Å². The van der Waals surface area contributed by atoms with Gasteiger partial charge < -0.3 is 15.5 Å². The highest BCUT2D eigenvalue weighted by molar-refractivity contribution is 6.06. The van der Waals surface area contributed by atoms with Crippen LogP contribution in [-0.2, 0) is 0 Å². The molecule has 0 atom stereocenters. The van der Waals surface area contributed by atoms with E-state index in [2.05, 4.69) is 34.4 Å². The molecule has 0 saturated carbocycles. The Hall–Kier alpha value is -3.35. The zero-order valence-electron chi connectivity index (χ0n) is 17.3. The molecule has 2 amide bonds. The summed E-state index contributed by atoms with van der Waals surface area (Å²) >= 11 is 0. The van der Waals surface area contributed by atoms with E-state index in [-0.39, 0.29) is 29.4 Å². The monoisotopic (exact) mass is 393 g/mol. The molecule has 0 bridgehead atoms. The van der Waals surface area contributed by atoms with Crippen molar-refractivity contribution in [1.29, 1.82) is 0 Å². The average Bonchev–Trinajstić information content (AvgIpc) is 3.10. The van der Waals surface area contributed by atoms with E-state index in [1.807, 2.05) is 44.2 Å². The lowest BCUT2D eigenvalue weighted by molar-refractivity contribution is 0.0940. The number of nitrogens with zero attached hydrogens (tertiary/aromatic N) is 3. The number of pyridine rings is 1. The number of amides is 2. The molecule has 2 aromatic heterocycles. The molecule has 1 aromatic carbocycles. The van der Waals surface area contributed by atoms with Gasteiger partial charge in [0.1, 0.15) is 0 Å². The first kappa shape index (κ1) is 20.4. The first-order chi connectivity index (χ1) is 13.9. The first-order valence-electron chi connectivity index (χ1n) is 9.88. The predicted molar refractivity (Wildman–Crippen MR) is 116 cm³/mol. The van der Waals surface area contributed by atoms with Crippen LogP contribution in [0.3, 0.4) is 0 Å². The van der Waals surface area contributed by atoms with Gasteiger partial charge >= 0.3 is 0 Å². The highest BCUT2D eigenvalue weighted by Crippen LogP contribution is 2.19. The Kier molecular flexibility index (Phi) is 6.16. The third-order valence-corrected chi connectivity index (χ3v) is 4.64. The zero-order chi connectivity index (χ0) is 21.0. The van der Waals surface area contributed by atoms with E-state index in [1.54, 1.807) is 22.7 Å². The molecule has 0 aliphatic carbocycles. The third-order valence-electron chi connectivity index (χ3n) is 4.64. The summed E-state index contributed by atoms with van der Waals surface area (Å²) in [5, 5.41) is 5.70. The highest BCUT2D eigenvalue weighted by atomic mass is 16.2. The second-order valence-electron chi connectivity index (χ2n) is 7.04. The van der Waals surface area contributed by atoms with Crippen LogP contribution in [0, 0.1) is 0 Å². The van der Waals surface area contributed by atoms with E-state index in [0.717, 1.165) is 18.8 Å². The summed E-state index contributed by atoms with van der Waals surface area (Å²) in [6.45, 7) is 9.82. The summed E-state index contributed by atoms with van der Waals surface area (Å²) in [6, 6.07) is 13.1. The summed E-state index contributed by atoms with van der Waals surface area (Å²) in [6.07, 6.45) is 1.73. The maximum absolute atomic E-state index is 12.9. The Bertz CT molecular complexity index is 1000. The topological polar surface area (TPSA) is 78.7 Å². The fraction of sp³-hybridized carbons (Fsp3) is 0.318. The maximum Gasteiger partial charge on any atom is 0.292 e. The smallest absolute Gasteiger partial charge is 0.292 e. The largest absolute Gasteiger partial charge is 0.372 e. The van der Waals surface area contributed by atoms with Crippen LogP contribution in [0.1, 0.15) is 48.8 Å². The number of aromatic nitrogens is 2. The van der Waals surface area contributed by atoms with E-state index in [0.29, 0.717) is 11.2 Å². The number of rotatable bonds is 7. The van der Waals surface area contributed by atoms with Crippen LogP contribution in [0.25, 0.3) is 5.52 Å². The molecule has 0 aliphatic rings. The second-order valence-corrected chi connectivity index (χ2v) is 7.04. The molecule has 3 rings (SSSR count). The molecule has 0 saturated heterocycles. The average molecular weight is 393 g/mol. The van der Waals surface area contributed by atoms with Crippen LogP contribution in [0.2, 0.25) is 0 Å². The fourth-order valence-electron chi connectivity index (χ4n) is 3.23. The van der Waals surface area contributed by atoms with Gasteiger partial charge in [-0.15, -0.1) is 0 Å². The number of nitrogens with one attached hydrogen (secondary N) is 2. The number of fused-ring (bicyclic) bond motifs is 1. The van der Waals surface area contributed by atoms with Gasteiger partial charge in [-0.2, -0.15) is 0 Å². The van der Waals surface area contributed by atoms with Crippen molar-refractivity contribution in [3.8, 4) is 0 Å². The van der Waals surface area contributed by atoms with Crippen molar-refractivity contribution < 1.29 is 9.59 Å². The van der Waals surface area contributed by atoms with Crippen molar-refractivity contribution in [3.63, 3.8) is 0 Å². The summed E-state index contributed by atoms with van der Waals surface area (Å²) in [5.41, 5.74) is 2.60. The standard InChI is InChI=1S/C22H27N5O2/c1-5-26(6-2)17-12-10-16(11-13-17)24-22(29)20-25-19(21(28)23-15(3)4)18-9-7-8-14-27(18)20/h7-15H,5-6H2,1-4H3,(H,23,28)(H,24,29). The van der Waals surface area contributed by atoms with Crippen LogP contribution in [0.15, 0.2) is 48.7 Å². The normalized spacial score (nSPS) is 10.9. The minimum absolute atomic E-state index is 0.0236. The van der Waals surface area contributed by atoms with E-state index >= 15 is 0 Å². The lowest BCUT2D eigenvalue weighted by Gasteiger charge is -2.21. The molecule has 0 aliphatic heterocycles. The number of carbonyl (C=O) groups is 2. The van der Waals surface area contributed by atoms with Crippen molar-refractivity contribution in [1.82, 2.24) is 14.7 Å². The molecule has 0 unspecified atom stereocenters. The van der Waals surface area contributed by atoms with Crippen molar-refractivity contribution in [2.75, 3.05) is 23.3 Å². The SMILES string of the molecule is CCN(CC)c1ccc(NC(=O)c2nc(C(=O)NC(C)C)c3ccccn23)cc1. The molecule has 29 heavy (non-hydrogen) atoms. The number of anilines is 2. The molecule has 0 spiro atoms. The van der Waals surface area contributed by atoms with Crippen molar-refractivity contribution >= 4 is 28.7 Å². The lowest BCUT2D eigenvalue weighted by atomic mass is 10.2. The Morgan fingerprint density at radius 1 is 1.03 bits per heavy atom. The van der Waals surface area contributed by atoms with Crippen molar-refractivity contribution in [2.45, 2.75) is 33.7 Å². The number of hydrogen-bond acceptors (Lipinski definition) is 4. The molecule has 2 heterocycles. The second kappa shape index (κ2) is 8.77. The highest BCUT2D eigenvalue weighted by Gasteiger charge is 2.22. The van der Waals surface area contributed by atoms with E-state index in [1.165, 1.54) is 0 Å². The van der Waals surface area contributed by atoms with Gasteiger partial charge in [-0.3, -0.25) is 14.0 Å². The van der Waals surface area contributed by atoms with Crippen LogP contribution in [0.4, 0.5) is 11.4 Å². The van der Waals surface area contributed by atoms with Gasteiger partial charge in [0.15, 0.2) is 5.69 Å². The Morgan fingerprint density at radius 3 is 2.34 bits per heavy atom. The molecule has 7 heteroatoms. The van der Waals surface area contributed by atoms with Crippen molar-refractivity contribution in [2.24, 2.45) is 0 Å². The number of imidazole rings is 1. The summed E-state index contributed by atoms with van der Waals surface area (Å²) in [4.78, 5) is 31.9. The fourth-order valence-corrected chi connectivity index (χ4v) is 3.23. The molecule has 152 valence electrons. The zero-order valence-corrected chi connectivity index (χ0v) is 17.3. The summed E-state index contributed by atoms with van der Waals surface area (Å²) in [7, 11) is 0. The van der Waals surface area contributed by atoms with Gasteiger partial charge in [0.25, 0.3) is 11.8 Å². The van der Waals surface area contributed by atoms with Gasteiger partial charge in [0, 0.05) is 36.7 Å². The van der Waals surface area contributed by atoms with Crippen LogP contribution in [0.5, 0.6) is 0 Å². The number of benzene rings is 1. The van der Waals surface area contributed by atoms with E-state index < -0.39 is 0 Å². The van der Waals surface area contributed by atoms with Crippen LogP contribution in [-0.4, -0.2) is 40.3 Å². The quantitative estimate of drug-likeness (QED) is 0.643. The summed E-state index contributed by atoms with van der Waals surface area (Å²) < 4.78 is 1.63. The molecular formula is C22H27N5O2. The molecular weight excluding hydrogens is 366 g/mol. The van der Waals surface area contributed by atoms with Crippen molar-refractivity contribution in [3.05, 3.63) is 60.2 Å². The molecule has 0 radical (unpaired) electrons. The lowest BCUT2D eigenvalue weighted by Crippen LogP contribution is -2.30. The van der Waals surface area contributed by atoms with Crippen LogP contribution >= 0.6 is 0 Å². The minimum Gasteiger partial charge on any atom is -0.372 e. The predicted octanol–water partition coefficient (Wildman–Crippen LogP) is 3.57. The van der Waals surface area contributed by atoms with Gasteiger partial charge in [0.2, 0.25) is 5.82 Å². The van der Waals surface area contributed by atoms with E-state index in [4.69, 9.17) is 0 Å². The first-order valence-corrected chi connectivity index (χ1v) is 9.88. The van der Waals surface area contributed by atoms with E-state index in [9.17, 15) is 9.59 Å². The molecule has 0 fully saturated rings. The molecule has 7 nitrogen and oxygen atoms in total. The van der Waals surface area contributed by atoms with Gasteiger partial charge in [-0.25, -0.2) is 4.98 Å². The Labute approximate surface area is 170 Å². The maximum atomic E-state index is 12.9. The summed E-state index contributed by atoms with van der Waals surface area (Å²) in [5.74, 6) is -0.501. The Balaban J connectivity index is 1.87. The third kappa shape index (κ3) is 4.39. The number of hydrogen-bond donors (Lipinski definition) is 2. The van der Waals surface area contributed by atoms with Gasteiger partial charge in [-0.1, -0.05) is 6.07 Å². The Morgan fingerprint density at radius 2 is 1.72 bits per heavy atom. The molecule has 2 N–H and O–H groups in total.